The summed E-state index contributed by atoms with van der Waals surface area (Å²) in [5, 5.41) is 9.81. The first-order valence-electron chi connectivity index (χ1n) is 10.1. The van der Waals surface area contributed by atoms with Gasteiger partial charge in [-0.1, -0.05) is 31.0 Å². The molecule has 1 saturated carbocycles. The lowest BCUT2D eigenvalue weighted by Gasteiger charge is -2.27. The lowest BCUT2D eigenvalue weighted by Crippen LogP contribution is -2.36. The van der Waals surface area contributed by atoms with Crippen molar-refractivity contribution in [1.29, 1.82) is 0 Å². The summed E-state index contributed by atoms with van der Waals surface area (Å²) in [7, 11) is 0. The van der Waals surface area contributed by atoms with Crippen LogP contribution in [0.25, 0.3) is 11.4 Å². The van der Waals surface area contributed by atoms with Gasteiger partial charge in [0.15, 0.2) is 11.0 Å². The minimum atomic E-state index is 0.223. The highest BCUT2D eigenvalue weighted by Gasteiger charge is 2.25. The number of hydrogen-bond acceptors (Lipinski definition) is 5. The molecule has 4 rings (SSSR count). The smallest absolute Gasteiger partial charge is 0.233 e. The van der Waals surface area contributed by atoms with E-state index < -0.39 is 0 Å². The van der Waals surface area contributed by atoms with Crippen molar-refractivity contribution in [3.8, 4) is 11.4 Å². The number of carbonyl (C=O) groups is 1. The van der Waals surface area contributed by atoms with Crippen molar-refractivity contribution >= 4 is 17.7 Å². The summed E-state index contributed by atoms with van der Waals surface area (Å²) in [5.41, 5.74) is 0.991. The van der Waals surface area contributed by atoms with E-state index in [1.807, 2.05) is 23.2 Å². The van der Waals surface area contributed by atoms with Gasteiger partial charge in [0.05, 0.1) is 5.75 Å². The number of thioether (sulfide) groups is 1. The van der Waals surface area contributed by atoms with Crippen LogP contribution >= 0.6 is 11.8 Å². The number of rotatable bonds is 5. The van der Waals surface area contributed by atoms with Gasteiger partial charge in [0.25, 0.3) is 0 Å². The van der Waals surface area contributed by atoms with Gasteiger partial charge in [0, 0.05) is 37.1 Å². The molecule has 2 fully saturated rings. The minimum Gasteiger partial charge on any atom is -0.342 e. The molecule has 1 amide bonds. The number of aromatic nitrogens is 4. The number of likely N-dealkylation sites (tertiary alicyclic amines) is 1. The average molecular weight is 386 g/mol. The van der Waals surface area contributed by atoms with Crippen LogP contribution in [0.4, 0.5) is 0 Å². The molecule has 0 spiro atoms. The minimum absolute atomic E-state index is 0.223. The third kappa shape index (κ3) is 4.34. The molecular weight excluding hydrogens is 358 g/mol. The quantitative estimate of drug-likeness (QED) is 0.729. The van der Waals surface area contributed by atoms with E-state index in [-0.39, 0.29) is 5.91 Å². The molecule has 0 bridgehead atoms. The van der Waals surface area contributed by atoms with Gasteiger partial charge in [-0.15, -0.1) is 10.2 Å². The van der Waals surface area contributed by atoms with Crippen LogP contribution in [-0.2, 0) is 4.79 Å². The molecular formula is C20H27N5OS. The lowest BCUT2D eigenvalue weighted by molar-refractivity contribution is -0.129. The van der Waals surface area contributed by atoms with E-state index in [1.54, 1.807) is 6.20 Å². The van der Waals surface area contributed by atoms with Crippen molar-refractivity contribution in [1.82, 2.24) is 24.6 Å². The van der Waals surface area contributed by atoms with Crippen molar-refractivity contribution in [2.24, 2.45) is 0 Å². The maximum atomic E-state index is 12.6. The summed E-state index contributed by atoms with van der Waals surface area (Å²) in [6.07, 6.45) is 13.2. The van der Waals surface area contributed by atoms with Crippen LogP contribution in [0.5, 0.6) is 0 Å². The normalized spacial score (nSPS) is 18.6. The Balaban J connectivity index is 1.54. The first kappa shape index (κ1) is 18.5. The fraction of sp³-hybridized carbons (Fsp3) is 0.600. The van der Waals surface area contributed by atoms with E-state index in [2.05, 4.69) is 19.7 Å². The molecule has 0 aromatic carbocycles. The summed E-state index contributed by atoms with van der Waals surface area (Å²) in [6, 6.07) is 4.38. The van der Waals surface area contributed by atoms with Crippen LogP contribution in [0.3, 0.4) is 0 Å². The predicted octanol–water partition coefficient (Wildman–Crippen LogP) is 3.95. The number of pyridine rings is 1. The first-order chi connectivity index (χ1) is 13.3. The molecule has 7 heteroatoms. The molecule has 2 aliphatic rings. The number of carbonyl (C=O) groups excluding carboxylic acids is 1. The van der Waals surface area contributed by atoms with Crippen LogP contribution in [-0.4, -0.2) is 49.4 Å². The Kier molecular flexibility index (Phi) is 6.07. The van der Waals surface area contributed by atoms with Crippen molar-refractivity contribution in [2.45, 2.75) is 62.6 Å². The van der Waals surface area contributed by atoms with E-state index in [9.17, 15) is 4.79 Å². The molecule has 2 aromatic heterocycles. The van der Waals surface area contributed by atoms with Crippen molar-refractivity contribution in [2.75, 3.05) is 18.8 Å². The number of amides is 1. The fourth-order valence-electron chi connectivity index (χ4n) is 4.10. The molecule has 2 aromatic rings. The van der Waals surface area contributed by atoms with Gasteiger partial charge in [-0.3, -0.25) is 14.3 Å². The zero-order chi connectivity index (χ0) is 18.5. The largest absolute Gasteiger partial charge is 0.342 e. The van der Waals surface area contributed by atoms with E-state index in [4.69, 9.17) is 0 Å². The second kappa shape index (κ2) is 8.87. The molecule has 144 valence electrons. The third-order valence-electron chi connectivity index (χ3n) is 5.56. The summed E-state index contributed by atoms with van der Waals surface area (Å²) in [6.45, 7) is 1.80. The van der Waals surface area contributed by atoms with E-state index in [0.717, 1.165) is 55.3 Å². The Morgan fingerprint density at radius 3 is 2.59 bits per heavy atom. The number of hydrogen-bond donors (Lipinski definition) is 0. The Morgan fingerprint density at radius 1 is 1.07 bits per heavy atom. The highest BCUT2D eigenvalue weighted by atomic mass is 32.2. The summed E-state index contributed by atoms with van der Waals surface area (Å²) < 4.78 is 2.27. The van der Waals surface area contributed by atoms with Gasteiger partial charge in [0.2, 0.25) is 5.91 Å². The molecule has 1 aliphatic carbocycles. The maximum absolute atomic E-state index is 12.6. The third-order valence-corrected chi connectivity index (χ3v) is 6.49. The molecule has 3 heterocycles. The topological polar surface area (TPSA) is 63.9 Å². The second-order valence-electron chi connectivity index (χ2n) is 7.44. The highest BCUT2D eigenvalue weighted by Crippen LogP contribution is 2.35. The molecule has 0 unspecified atom stereocenters. The van der Waals surface area contributed by atoms with Gasteiger partial charge in [-0.2, -0.15) is 0 Å². The Labute approximate surface area is 164 Å². The van der Waals surface area contributed by atoms with Gasteiger partial charge < -0.3 is 4.90 Å². The maximum Gasteiger partial charge on any atom is 0.233 e. The van der Waals surface area contributed by atoms with E-state index >= 15 is 0 Å². The van der Waals surface area contributed by atoms with Crippen LogP contribution in [0.15, 0.2) is 29.7 Å². The van der Waals surface area contributed by atoms with E-state index in [1.165, 1.54) is 37.4 Å². The van der Waals surface area contributed by atoms with Crippen LogP contribution < -0.4 is 0 Å². The van der Waals surface area contributed by atoms with Crippen molar-refractivity contribution in [3.05, 3.63) is 24.5 Å². The second-order valence-corrected chi connectivity index (χ2v) is 8.38. The monoisotopic (exact) mass is 385 g/mol. The Bertz CT molecular complexity index is 751. The van der Waals surface area contributed by atoms with Gasteiger partial charge >= 0.3 is 0 Å². The van der Waals surface area contributed by atoms with Crippen LogP contribution in [0.1, 0.15) is 57.4 Å². The lowest BCUT2D eigenvalue weighted by atomic mass is 9.95. The average Bonchev–Trinajstić information content (AvgIpc) is 3.18. The first-order valence-corrected chi connectivity index (χ1v) is 11.1. The summed E-state index contributed by atoms with van der Waals surface area (Å²) in [5.74, 6) is 1.54. The molecule has 1 saturated heterocycles. The molecule has 6 nitrogen and oxygen atoms in total. The van der Waals surface area contributed by atoms with Crippen LogP contribution in [0, 0.1) is 0 Å². The summed E-state index contributed by atoms with van der Waals surface area (Å²) in [4.78, 5) is 18.8. The standard InChI is InChI=1S/C20H27N5OS/c26-18(24-12-5-2-6-13-24)15-27-20-23-22-19(16-8-7-11-21-14-16)25(20)17-9-3-1-4-10-17/h7-8,11,14,17H,1-6,9-10,12-13,15H2. The molecule has 27 heavy (non-hydrogen) atoms. The Hall–Kier alpha value is -1.89. The van der Waals surface area contributed by atoms with Gasteiger partial charge in [-0.25, -0.2) is 0 Å². The fourth-order valence-corrected chi connectivity index (χ4v) is 5.00. The zero-order valence-electron chi connectivity index (χ0n) is 15.7. The van der Waals surface area contributed by atoms with Gasteiger partial charge in [0.1, 0.15) is 0 Å². The van der Waals surface area contributed by atoms with E-state index in [0.29, 0.717) is 11.8 Å². The van der Waals surface area contributed by atoms with Crippen molar-refractivity contribution in [3.63, 3.8) is 0 Å². The highest BCUT2D eigenvalue weighted by molar-refractivity contribution is 7.99. The molecule has 1 aliphatic heterocycles. The summed E-state index contributed by atoms with van der Waals surface area (Å²) >= 11 is 1.54. The molecule has 0 N–H and O–H groups in total. The molecule has 0 radical (unpaired) electrons. The SMILES string of the molecule is O=C(CSc1nnc(-c2cccnc2)n1C1CCCCC1)N1CCCCC1. The molecule has 0 atom stereocenters. The predicted molar refractivity (Wildman–Crippen MR) is 107 cm³/mol. The van der Waals surface area contributed by atoms with Gasteiger partial charge in [-0.05, 0) is 44.2 Å². The van der Waals surface area contributed by atoms with Crippen LogP contribution in [0.2, 0.25) is 0 Å². The van der Waals surface area contributed by atoms with Crippen molar-refractivity contribution < 1.29 is 4.79 Å². The zero-order valence-corrected chi connectivity index (χ0v) is 16.5. The Morgan fingerprint density at radius 2 is 1.85 bits per heavy atom. The number of piperidine rings is 1. The number of nitrogens with zero attached hydrogens (tertiary/aromatic N) is 5.